The van der Waals surface area contributed by atoms with Crippen LogP contribution < -0.4 is 10.5 Å². The lowest BCUT2D eigenvalue weighted by molar-refractivity contribution is 0.347. The predicted molar refractivity (Wildman–Crippen MR) is 78.2 cm³/mol. The van der Waals surface area contributed by atoms with Gasteiger partial charge in [0, 0.05) is 0 Å². The zero-order chi connectivity index (χ0) is 13.8. The van der Waals surface area contributed by atoms with Gasteiger partial charge >= 0.3 is 0 Å². The van der Waals surface area contributed by atoms with E-state index >= 15 is 0 Å². The fourth-order valence-electron chi connectivity index (χ4n) is 1.98. The van der Waals surface area contributed by atoms with Gasteiger partial charge in [-0.3, -0.25) is 0 Å². The molecule has 0 saturated heterocycles. The predicted octanol–water partition coefficient (Wildman–Crippen LogP) is 3.74. The molecule has 0 heterocycles. The highest BCUT2D eigenvalue weighted by Gasteiger charge is 2.16. The smallest absolute Gasteiger partial charge is 0.122 e. The standard InChI is InChI=1S/C16H27NO/c1-12(2)14-10-13(6-7-15(14)18-5)8-9-16(3,4)11-17/h6-7,10,12H,8-9,11,17H2,1-5H3. The maximum Gasteiger partial charge on any atom is 0.122 e. The second kappa shape index (κ2) is 6.24. The summed E-state index contributed by atoms with van der Waals surface area (Å²) in [6, 6.07) is 6.52. The van der Waals surface area contributed by atoms with E-state index < -0.39 is 0 Å². The molecule has 0 atom stereocenters. The summed E-state index contributed by atoms with van der Waals surface area (Å²) in [5, 5.41) is 0. The molecule has 18 heavy (non-hydrogen) atoms. The van der Waals surface area contributed by atoms with Crippen LogP contribution in [0, 0.1) is 5.41 Å². The molecule has 102 valence electrons. The first-order valence-electron chi connectivity index (χ1n) is 6.76. The summed E-state index contributed by atoms with van der Waals surface area (Å²) in [5.74, 6) is 1.48. The van der Waals surface area contributed by atoms with Gasteiger partial charge in [-0.2, -0.15) is 0 Å². The normalized spacial score (nSPS) is 11.9. The first-order valence-corrected chi connectivity index (χ1v) is 6.76. The summed E-state index contributed by atoms with van der Waals surface area (Å²) in [6.45, 7) is 9.58. The first-order chi connectivity index (χ1) is 8.39. The molecule has 2 nitrogen and oxygen atoms in total. The molecule has 0 aromatic heterocycles. The molecule has 0 aliphatic heterocycles. The summed E-state index contributed by atoms with van der Waals surface area (Å²) in [6.07, 6.45) is 2.20. The highest BCUT2D eigenvalue weighted by Crippen LogP contribution is 2.29. The van der Waals surface area contributed by atoms with Crippen LogP contribution in [0.3, 0.4) is 0 Å². The van der Waals surface area contributed by atoms with Crippen LogP contribution in [0.4, 0.5) is 0 Å². The van der Waals surface area contributed by atoms with Crippen molar-refractivity contribution in [1.29, 1.82) is 0 Å². The van der Waals surface area contributed by atoms with Gasteiger partial charge < -0.3 is 10.5 Å². The fraction of sp³-hybridized carbons (Fsp3) is 0.625. The third-order valence-electron chi connectivity index (χ3n) is 3.56. The summed E-state index contributed by atoms with van der Waals surface area (Å²) >= 11 is 0. The van der Waals surface area contributed by atoms with Crippen molar-refractivity contribution in [3.05, 3.63) is 29.3 Å². The summed E-state index contributed by atoms with van der Waals surface area (Å²) < 4.78 is 5.41. The highest BCUT2D eigenvalue weighted by molar-refractivity contribution is 5.39. The van der Waals surface area contributed by atoms with Crippen molar-refractivity contribution in [3.63, 3.8) is 0 Å². The van der Waals surface area contributed by atoms with E-state index in [1.165, 1.54) is 11.1 Å². The van der Waals surface area contributed by atoms with Gasteiger partial charge in [-0.25, -0.2) is 0 Å². The lowest BCUT2D eigenvalue weighted by atomic mass is 9.86. The van der Waals surface area contributed by atoms with Gasteiger partial charge in [0.15, 0.2) is 0 Å². The monoisotopic (exact) mass is 249 g/mol. The summed E-state index contributed by atoms with van der Waals surface area (Å²) in [7, 11) is 1.73. The molecule has 0 spiro atoms. The lowest BCUT2D eigenvalue weighted by Gasteiger charge is -2.22. The maximum atomic E-state index is 5.77. The van der Waals surface area contributed by atoms with Gasteiger partial charge in [-0.15, -0.1) is 0 Å². The van der Waals surface area contributed by atoms with Crippen LogP contribution in [0.2, 0.25) is 0 Å². The van der Waals surface area contributed by atoms with Gasteiger partial charge in [-0.05, 0) is 47.9 Å². The number of rotatable bonds is 6. The molecule has 0 aliphatic carbocycles. The molecule has 2 N–H and O–H groups in total. The molecule has 1 aromatic carbocycles. The molecule has 1 aromatic rings. The van der Waals surface area contributed by atoms with Crippen molar-refractivity contribution >= 4 is 0 Å². The molecule has 0 fully saturated rings. The first kappa shape index (κ1) is 15.0. The SMILES string of the molecule is COc1ccc(CCC(C)(C)CN)cc1C(C)C. The van der Waals surface area contributed by atoms with E-state index in [9.17, 15) is 0 Å². The molecule has 0 radical (unpaired) electrons. The van der Waals surface area contributed by atoms with Crippen LogP contribution in [0.5, 0.6) is 5.75 Å². The van der Waals surface area contributed by atoms with Gasteiger partial charge in [0.2, 0.25) is 0 Å². The van der Waals surface area contributed by atoms with E-state index in [4.69, 9.17) is 10.5 Å². The Labute approximate surface area is 112 Å². The minimum Gasteiger partial charge on any atom is -0.496 e. The molecule has 0 saturated carbocycles. The van der Waals surface area contributed by atoms with Crippen molar-refractivity contribution < 1.29 is 4.74 Å². The topological polar surface area (TPSA) is 35.2 Å². The van der Waals surface area contributed by atoms with Crippen LogP contribution in [0.25, 0.3) is 0 Å². The summed E-state index contributed by atoms with van der Waals surface area (Å²) in [4.78, 5) is 0. The molecular formula is C16H27NO. The van der Waals surface area contributed by atoms with Crippen molar-refractivity contribution in [3.8, 4) is 5.75 Å². The largest absolute Gasteiger partial charge is 0.496 e. The van der Waals surface area contributed by atoms with Crippen molar-refractivity contribution in [2.75, 3.05) is 13.7 Å². The molecule has 1 rings (SSSR count). The summed E-state index contributed by atoms with van der Waals surface area (Å²) in [5.41, 5.74) is 8.66. The highest BCUT2D eigenvalue weighted by atomic mass is 16.5. The van der Waals surface area contributed by atoms with Crippen LogP contribution in [0.1, 0.15) is 51.2 Å². The third-order valence-corrected chi connectivity index (χ3v) is 3.56. The number of nitrogens with two attached hydrogens (primary N) is 1. The Balaban J connectivity index is 2.82. The van der Waals surface area contributed by atoms with Gasteiger partial charge in [0.05, 0.1) is 7.11 Å². The van der Waals surface area contributed by atoms with Gasteiger partial charge in [0.25, 0.3) is 0 Å². The third kappa shape index (κ3) is 4.02. The minimum absolute atomic E-state index is 0.220. The fourth-order valence-corrected chi connectivity index (χ4v) is 1.98. The average Bonchev–Trinajstić information content (AvgIpc) is 2.36. The Morgan fingerprint density at radius 1 is 1.28 bits per heavy atom. The molecule has 0 unspecified atom stereocenters. The van der Waals surface area contributed by atoms with E-state index in [1.54, 1.807) is 7.11 Å². The van der Waals surface area contributed by atoms with E-state index in [0.717, 1.165) is 25.1 Å². The number of ether oxygens (including phenoxy) is 1. The zero-order valence-electron chi connectivity index (χ0n) is 12.4. The Hall–Kier alpha value is -1.02. The average molecular weight is 249 g/mol. The molecule has 0 amide bonds. The Morgan fingerprint density at radius 3 is 2.44 bits per heavy atom. The van der Waals surface area contributed by atoms with Crippen LogP contribution in [0.15, 0.2) is 18.2 Å². The second-order valence-electron chi connectivity index (χ2n) is 6.10. The van der Waals surface area contributed by atoms with Crippen molar-refractivity contribution in [2.24, 2.45) is 11.1 Å². The lowest BCUT2D eigenvalue weighted by Crippen LogP contribution is -2.24. The molecule has 0 aliphatic rings. The van der Waals surface area contributed by atoms with Crippen molar-refractivity contribution in [2.45, 2.75) is 46.5 Å². The van der Waals surface area contributed by atoms with E-state index in [0.29, 0.717) is 5.92 Å². The van der Waals surface area contributed by atoms with Crippen LogP contribution >= 0.6 is 0 Å². The Morgan fingerprint density at radius 2 is 1.94 bits per heavy atom. The Bertz CT molecular complexity index is 383. The number of aryl methyl sites for hydroxylation is 1. The maximum absolute atomic E-state index is 5.77. The van der Waals surface area contributed by atoms with Crippen molar-refractivity contribution in [1.82, 2.24) is 0 Å². The van der Waals surface area contributed by atoms with E-state index in [1.807, 2.05) is 0 Å². The second-order valence-corrected chi connectivity index (χ2v) is 6.10. The van der Waals surface area contributed by atoms with E-state index in [2.05, 4.69) is 45.9 Å². The Kier molecular flexibility index (Phi) is 5.21. The van der Waals surface area contributed by atoms with Crippen LogP contribution in [-0.2, 0) is 6.42 Å². The van der Waals surface area contributed by atoms with Crippen LogP contribution in [-0.4, -0.2) is 13.7 Å². The number of benzene rings is 1. The van der Waals surface area contributed by atoms with Gasteiger partial charge in [0.1, 0.15) is 5.75 Å². The quantitative estimate of drug-likeness (QED) is 0.833. The molecule has 0 bridgehead atoms. The molecular weight excluding hydrogens is 222 g/mol. The van der Waals surface area contributed by atoms with E-state index in [-0.39, 0.29) is 5.41 Å². The number of hydrogen-bond donors (Lipinski definition) is 1. The van der Waals surface area contributed by atoms with Gasteiger partial charge in [-0.1, -0.05) is 39.8 Å². The zero-order valence-corrected chi connectivity index (χ0v) is 12.4. The number of methoxy groups -OCH3 is 1. The number of hydrogen-bond acceptors (Lipinski definition) is 2. The minimum atomic E-state index is 0.220. The molecule has 2 heteroatoms.